The maximum absolute atomic E-state index is 13.2. The predicted molar refractivity (Wildman–Crippen MR) is 145 cm³/mol. The average Bonchev–Trinajstić information content (AvgIpc) is 2.89. The quantitative estimate of drug-likeness (QED) is 0.0843. The molecule has 0 amide bonds. The number of hydrogen-bond acceptors (Lipinski definition) is 9. The molecule has 14 heteroatoms. The number of hydrogen-bond donors (Lipinski definition) is 3. The highest BCUT2D eigenvalue weighted by Crippen LogP contribution is 2.28. The van der Waals surface area contributed by atoms with Crippen molar-refractivity contribution in [1.29, 1.82) is 0 Å². The van der Waals surface area contributed by atoms with Crippen LogP contribution in [0.3, 0.4) is 0 Å². The lowest BCUT2D eigenvalue weighted by molar-refractivity contribution is 0.127. The maximum atomic E-state index is 13.2. The average molecular weight is 578 g/mol. The standard InChI is InChI=1S/C25H31N5O7S2/c1-3-19-16-28-10-9-20(19)17-29-38(31,32)23-7-4-5-8-24(23)39(33,34)37-22-14-18(2)13-21(15-22)35-11-6-12-36-30-25(26)27/h4-5,7-10,13-16,29H,3,6,11-12,17H2,1-2H3,(H4,26,27,30). The Hall–Kier alpha value is -3.88. The van der Waals surface area contributed by atoms with E-state index in [0.717, 1.165) is 11.1 Å². The van der Waals surface area contributed by atoms with Crippen molar-refractivity contribution in [3.8, 4) is 11.5 Å². The normalized spacial score (nSPS) is 11.5. The Kier molecular flexibility index (Phi) is 10.1. The van der Waals surface area contributed by atoms with Crippen molar-refractivity contribution in [3.63, 3.8) is 0 Å². The Bertz CT molecular complexity index is 1520. The smallest absolute Gasteiger partial charge is 0.340 e. The molecule has 1 aromatic heterocycles. The molecule has 0 atom stereocenters. The van der Waals surface area contributed by atoms with E-state index in [1.807, 2.05) is 6.92 Å². The van der Waals surface area contributed by atoms with Gasteiger partial charge in [0.05, 0.1) is 6.61 Å². The van der Waals surface area contributed by atoms with Gasteiger partial charge in [0.2, 0.25) is 16.0 Å². The van der Waals surface area contributed by atoms with E-state index < -0.39 is 29.9 Å². The van der Waals surface area contributed by atoms with E-state index in [4.69, 9.17) is 25.2 Å². The molecule has 3 rings (SSSR count). The molecule has 0 saturated heterocycles. The summed E-state index contributed by atoms with van der Waals surface area (Å²) in [5.41, 5.74) is 12.6. The lowest BCUT2D eigenvalue weighted by atomic mass is 10.1. The van der Waals surface area contributed by atoms with Crippen molar-refractivity contribution in [2.75, 3.05) is 13.2 Å². The van der Waals surface area contributed by atoms with Crippen LogP contribution >= 0.6 is 0 Å². The highest BCUT2D eigenvalue weighted by molar-refractivity contribution is 7.91. The van der Waals surface area contributed by atoms with Crippen LogP contribution in [0, 0.1) is 6.92 Å². The number of nitrogens with zero attached hydrogens (tertiary/aromatic N) is 2. The summed E-state index contributed by atoms with van der Waals surface area (Å²) < 4.78 is 66.3. The maximum Gasteiger partial charge on any atom is 0.340 e. The van der Waals surface area contributed by atoms with E-state index in [1.54, 1.807) is 31.5 Å². The molecule has 0 fully saturated rings. The Morgan fingerprint density at radius 3 is 2.41 bits per heavy atom. The largest absolute Gasteiger partial charge is 0.493 e. The number of sulfonamides is 1. The van der Waals surface area contributed by atoms with Gasteiger partial charge in [-0.15, -0.1) is 0 Å². The summed E-state index contributed by atoms with van der Waals surface area (Å²) in [5, 5.41) is 3.41. The van der Waals surface area contributed by atoms with Crippen LogP contribution in [0.5, 0.6) is 11.5 Å². The summed E-state index contributed by atoms with van der Waals surface area (Å²) in [7, 11) is -8.76. The van der Waals surface area contributed by atoms with Crippen LogP contribution < -0.4 is 25.1 Å². The third kappa shape index (κ3) is 8.56. The number of aromatic nitrogens is 1. The van der Waals surface area contributed by atoms with Crippen molar-refractivity contribution in [3.05, 3.63) is 77.6 Å². The van der Waals surface area contributed by atoms with Gasteiger partial charge in [-0.2, -0.15) is 8.42 Å². The van der Waals surface area contributed by atoms with E-state index >= 15 is 0 Å². The number of benzene rings is 2. The minimum atomic E-state index is -4.54. The van der Waals surface area contributed by atoms with Crippen molar-refractivity contribution >= 4 is 26.1 Å². The van der Waals surface area contributed by atoms with Gasteiger partial charge in [0.25, 0.3) is 0 Å². The second-order valence-electron chi connectivity index (χ2n) is 8.34. The minimum absolute atomic E-state index is 0.0289. The number of guanidine groups is 1. The molecular weight excluding hydrogens is 546 g/mol. The number of nitrogens with two attached hydrogens (primary N) is 2. The van der Waals surface area contributed by atoms with Crippen molar-refractivity contribution in [1.82, 2.24) is 9.71 Å². The Labute approximate surface area is 228 Å². The van der Waals surface area contributed by atoms with Crippen molar-refractivity contribution < 1.29 is 30.6 Å². The zero-order chi connectivity index (χ0) is 28.5. The van der Waals surface area contributed by atoms with Gasteiger partial charge < -0.3 is 25.2 Å². The Morgan fingerprint density at radius 1 is 0.974 bits per heavy atom. The summed E-state index contributed by atoms with van der Waals surface area (Å²) in [6.45, 7) is 4.08. The fourth-order valence-electron chi connectivity index (χ4n) is 3.53. The van der Waals surface area contributed by atoms with Gasteiger partial charge >= 0.3 is 10.1 Å². The molecule has 0 unspecified atom stereocenters. The Morgan fingerprint density at radius 2 is 1.69 bits per heavy atom. The molecule has 0 aliphatic rings. The molecule has 0 radical (unpaired) electrons. The third-order valence-corrected chi connectivity index (χ3v) is 8.19. The number of ether oxygens (including phenoxy) is 1. The van der Waals surface area contributed by atoms with Gasteiger partial charge in [0, 0.05) is 31.4 Å². The predicted octanol–water partition coefficient (Wildman–Crippen LogP) is 2.17. The van der Waals surface area contributed by atoms with Gasteiger partial charge in [0.15, 0.2) is 0 Å². The molecule has 0 spiro atoms. The summed E-state index contributed by atoms with van der Waals surface area (Å²) in [6.07, 6.45) is 4.35. The van der Waals surface area contributed by atoms with Gasteiger partial charge in [-0.25, -0.2) is 13.1 Å². The van der Waals surface area contributed by atoms with Crippen LogP contribution in [0.25, 0.3) is 0 Å². The molecular formula is C25H31N5O7S2. The minimum Gasteiger partial charge on any atom is -0.493 e. The zero-order valence-corrected chi connectivity index (χ0v) is 23.2. The fraction of sp³-hybridized carbons (Fsp3) is 0.280. The van der Waals surface area contributed by atoms with Gasteiger partial charge in [-0.3, -0.25) is 4.98 Å². The van der Waals surface area contributed by atoms with Crippen LogP contribution in [-0.2, 0) is 37.9 Å². The molecule has 1 heterocycles. The SMILES string of the molecule is CCc1cnccc1CNS(=O)(=O)c1ccccc1S(=O)(=O)Oc1cc(C)cc(OCCCON=C(N)N)c1. The molecule has 0 saturated carbocycles. The molecule has 2 aromatic carbocycles. The summed E-state index contributed by atoms with van der Waals surface area (Å²) in [5.74, 6) is 0.127. The first-order valence-electron chi connectivity index (χ1n) is 11.9. The first-order valence-corrected chi connectivity index (χ1v) is 14.8. The lowest BCUT2D eigenvalue weighted by Gasteiger charge is -2.14. The van der Waals surface area contributed by atoms with Crippen molar-refractivity contribution in [2.24, 2.45) is 16.6 Å². The number of nitrogens with one attached hydrogen (secondary N) is 1. The first kappa shape index (κ1) is 29.7. The van der Waals surface area contributed by atoms with Gasteiger partial charge in [-0.05, 0) is 65.5 Å². The number of oxime groups is 1. The number of rotatable bonds is 14. The van der Waals surface area contributed by atoms with E-state index in [-0.39, 0.29) is 31.5 Å². The second-order valence-corrected chi connectivity index (χ2v) is 11.6. The van der Waals surface area contributed by atoms with Gasteiger partial charge in [0.1, 0.15) is 27.9 Å². The van der Waals surface area contributed by atoms with Crippen LogP contribution in [0.15, 0.2) is 75.9 Å². The van der Waals surface area contributed by atoms with E-state index in [9.17, 15) is 16.8 Å². The Balaban J connectivity index is 1.76. The highest BCUT2D eigenvalue weighted by atomic mass is 32.2. The molecule has 0 bridgehead atoms. The number of aryl methyl sites for hydroxylation is 2. The molecule has 5 N–H and O–H groups in total. The second kappa shape index (κ2) is 13.3. The number of pyridine rings is 1. The van der Waals surface area contributed by atoms with E-state index in [2.05, 4.69) is 14.9 Å². The monoisotopic (exact) mass is 577 g/mol. The topological polar surface area (TPSA) is 185 Å². The molecule has 0 aliphatic carbocycles. The van der Waals surface area contributed by atoms with Crippen molar-refractivity contribution in [2.45, 2.75) is 43.0 Å². The molecule has 0 aliphatic heterocycles. The fourth-order valence-corrected chi connectivity index (χ4v) is 6.25. The molecule has 3 aromatic rings. The highest BCUT2D eigenvalue weighted by Gasteiger charge is 2.28. The van der Waals surface area contributed by atoms with Gasteiger partial charge in [-0.1, -0.05) is 19.1 Å². The van der Waals surface area contributed by atoms with Crippen LogP contribution in [0.4, 0.5) is 0 Å². The third-order valence-electron chi connectivity index (χ3n) is 5.30. The lowest BCUT2D eigenvalue weighted by Crippen LogP contribution is -2.26. The van der Waals surface area contributed by atoms with Crippen LogP contribution in [-0.4, -0.2) is 41.0 Å². The molecule has 210 valence electrons. The van der Waals surface area contributed by atoms with E-state index in [1.165, 1.54) is 36.4 Å². The van der Waals surface area contributed by atoms with Crippen LogP contribution in [0.1, 0.15) is 30.0 Å². The molecule has 12 nitrogen and oxygen atoms in total. The zero-order valence-electron chi connectivity index (χ0n) is 21.5. The van der Waals surface area contributed by atoms with E-state index in [0.29, 0.717) is 24.2 Å². The summed E-state index contributed by atoms with van der Waals surface area (Å²) in [4.78, 5) is 8.01. The molecule has 39 heavy (non-hydrogen) atoms. The van der Waals surface area contributed by atoms with Crippen LogP contribution in [0.2, 0.25) is 0 Å². The summed E-state index contributed by atoms with van der Waals surface area (Å²) in [6, 6.07) is 11.5. The first-order chi connectivity index (χ1) is 18.5. The summed E-state index contributed by atoms with van der Waals surface area (Å²) >= 11 is 0.